The predicted molar refractivity (Wildman–Crippen MR) is 220 cm³/mol. The lowest BCUT2D eigenvalue weighted by Crippen LogP contribution is -2.37. The van der Waals surface area contributed by atoms with Gasteiger partial charge in [0.25, 0.3) is 0 Å². The van der Waals surface area contributed by atoms with Crippen LogP contribution in [-0.4, -0.2) is 74.9 Å². The lowest BCUT2D eigenvalue weighted by Gasteiger charge is -2.24. The average Bonchev–Trinajstić information content (AvgIpc) is 3.10. The first-order valence-corrected chi connectivity index (χ1v) is 23.1. The average molecular weight is 773 g/mol. The van der Waals surface area contributed by atoms with E-state index >= 15 is 0 Å². The summed E-state index contributed by atoms with van der Waals surface area (Å²) < 4.78 is 34.2. The Labute approximate surface area is 326 Å². The van der Waals surface area contributed by atoms with E-state index in [1.54, 1.807) is 0 Å². The van der Waals surface area contributed by atoms with E-state index in [1.165, 1.54) is 83.5 Å². The number of phosphoric acid groups is 1. The Morgan fingerprint density at radius 2 is 0.962 bits per heavy atom. The molecular formula is C43H83NO8P+. The van der Waals surface area contributed by atoms with Gasteiger partial charge in [-0.15, -0.1) is 0 Å². The van der Waals surface area contributed by atoms with Gasteiger partial charge in [-0.3, -0.25) is 18.6 Å². The summed E-state index contributed by atoms with van der Waals surface area (Å²) in [5.74, 6) is -0.815. The molecule has 0 spiro atoms. The SMILES string of the molecule is CCCCCCC/C=C\CCCCCCCC(=O)O[C@H](COC(=O)CCCCCCC/C=C\CCCCCCCC)COP(=O)(O)OCC[N+](C)(C)C. The van der Waals surface area contributed by atoms with Crippen molar-refractivity contribution in [2.45, 2.75) is 193 Å². The van der Waals surface area contributed by atoms with Crippen molar-refractivity contribution >= 4 is 19.8 Å². The Kier molecular flexibility index (Phi) is 35.1. The fourth-order valence-corrected chi connectivity index (χ4v) is 6.51. The summed E-state index contributed by atoms with van der Waals surface area (Å²) in [6.45, 7) is 4.39. The Morgan fingerprint density at radius 3 is 1.40 bits per heavy atom. The number of rotatable bonds is 39. The Bertz CT molecular complexity index is 964. The first-order valence-electron chi connectivity index (χ1n) is 21.6. The van der Waals surface area contributed by atoms with E-state index in [0.717, 1.165) is 70.6 Å². The summed E-state index contributed by atoms with van der Waals surface area (Å²) in [7, 11) is 1.47. The molecule has 1 unspecified atom stereocenters. The topological polar surface area (TPSA) is 108 Å². The minimum absolute atomic E-state index is 0.0298. The van der Waals surface area contributed by atoms with Crippen molar-refractivity contribution in [3.8, 4) is 0 Å². The van der Waals surface area contributed by atoms with E-state index in [-0.39, 0.29) is 32.0 Å². The number of ether oxygens (including phenoxy) is 2. The van der Waals surface area contributed by atoms with Gasteiger partial charge in [-0.2, -0.15) is 0 Å². The van der Waals surface area contributed by atoms with Gasteiger partial charge in [-0.05, 0) is 64.2 Å². The second-order valence-corrected chi connectivity index (χ2v) is 17.2. The number of likely N-dealkylation sites (N-methyl/N-ethyl adjacent to an activating group) is 1. The van der Waals surface area contributed by atoms with Crippen LogP contribution < -0.4 is 0 Å². The molecule has 312 valence electrons. The molecule has 0 aliphatic carbocycles. The predicted octanol–water partition coefficient (Wildman–Crippen LogP) is 12.0. The van der Waals surface area contributed by atoms with Crippen molar-refractivity contribution in [1.82, 2.24) is 0 Å². The number of quaternary nitrogens is 1. The quantitative estimate of drug-likeness (QED) is 0.0216. The van der Waals surface area contributed by atoms with Gasteiger partial charge >= 0.3 is 19.8 Å². The largest absolute Gasteiger partial charge is 0.472 e. The van der Waals surface area contributed by atoms with Crippen molar-refractivity contribution in [2.24, 2.45) is 0 Å². The lowest BCUT2D eigenvalue weighted by atomic mass is 10.1. The van der Waals surface area contributed by atoms with Crippen LogP contribution in [0.25, 0.3) is 0 Å². The fourth-order valence-electron chi connectivity index (χ4n) is 5.77. The number of hydrogen-bond acceptors (Lipinski definition) is 7. The van der Waals surface area contributed by atoms with Crippen LogP contribution in [0.1, 0.15) is 187 Å². The maximum absolute atomic E-state index is 12.7. The zero-order chi connectivity index (χ0) is 39.3. The van der Waals surface area contributed by atoms with Gasteiger partial charge < -0.3 is 18.9 Å². The summed E-state index contributed by atoms with van der Waals surface area (Å²) in [6.07, 6.45) is 37.9. The third-order valence-electron chi connectivity index (χ3n) is 9.20. The normalized spacial score (nSPS) is 13.8. The van der Waals surface area contributed by atoms with Crippen molar-refractivity contribution in [2.75, 3.05) is 47.5 Å². The van der Waals surface area contributed by atoms with Gasteiger partial charge in [0.05, 0.1) is 27.7 Å². The smallest absolute Gasteiger partial charge is 0.462 e. The standard InChI is InChI=1S/C43H82NO8P/c1-6-8-10-12-14-16-18-20-22-24-25-27-29-31-33-35-42(45)49-39-41(40-51-53(47,48)50-38-37-44(3,4)5)52-43(46)36-34-32-30-28-26-23-21-19-17-15-13-11-9-7-2/h19-22,41H,6-18,23-40H2,1-5H3/p+1/b21-19-,22-20-/t41-/m1/s1. The Balaban J connectivity index is 4.39. The number of allylic oxidation sites excluding steroid dienone is 4. The van der Waals surface area contributed by atoms with Crippen LogP contribution in [0.4, 0.5) is 0 Å². The van der Waals surface area contributed by atoms with Gasteiger partial charge in [0, 0.05) is 12.8 Å². The third-order valence-corrected chi connectivity index (χ3v) is 10.2. The lowest BCUT2D eigenvalue weighted by molar-refractivity contribution is -0.870. The minimum Gasteiger partial charge on any atom is -0.462 e. The molecule has 10 heteroatoms. The highest BCUT2D eigenvalue weighted by molar-refractivity contribution is 7.47. The summed E-state index contributed by atoms with van der Waals surface area (Å²) in [4.78, 5) is 35.3. The summed E-state index contributed by atoms with van der Waals surface area (Å²) in [5, 5.41) is 0. The molecule has 0 aromatic heterocycles. The molecule has 0 rings (SSSR count). The van der Waals surface area contributed by atoms with Crippen molar-refractivity contribution in [3.63, 3.8) is 0 Å². The van der Waals surface area contributed by atoms with Gasteiger partial charge in [-0.25, -0.2) is 4.57 Å². The molecule has 0 heterocycles. The molecule has 1 N–H and O–H groups in total. The van der Waals surface area contributed by atoms with Crippen LogP contribution in [0.2, 0.25) is 0 Å². The maximum Gasteiger partial charge on any atom is 0.472 e. The number of carbonyl (C=O) groups is 2. The van der Waals surface area contributed by atoms with E-state index in [9.17, 15) is 19.0 Å². The van der Waals surface area contributed by atoms with Crippen LogP contribution >= 0.6 is 7.82 Å². The van der Waals surface area contributed by atoms with E-state index in [2.05, 4.69) is 38.2 Å². The van der Waals surface area contributed by atoms with E-state index < -0.39 is 26.5 Å². The van der Waals surface area contributed by atoms with Crippen LogP contribution in [-0.2, 0) is 32.7 Å². The Hall–Kier alpha value is -1.51. The molecule has 0 fully saturated rings. The molecule has 2 atom stereocenters. The summed E-state index contributed by atoms with van der Waals surface area (Å²) in [5.41, 5.74) is 0. The number of unbranched alkanes of at least 4 members (excludes halogenated alkanes) is 21. The van der Waals surface area contributed by atoms with Gasteiger partial charge in [-0.1, -0.05) is 134 Å². The second-order valence-electron chi connectivity index (χ2n) is 15.7. The molecular weight excluding hydrogens is 689 g/mol. The highest BCUT2D eigenvalue weighted by Crippen LogP contribution is 2.43. The monoisotopic (exact) mass is 773 g/mol. The molecule has 0 amide bonds. The molecule has 0 saturated carbocycles. The molecule has 0 aromatic carbocycles. The number of carbonyl (C=O) groups excluding carboxylic acids is 2. The Morgan fingerprint density at radius 1 is 0.566 bits per heavy atom. The van der Waals surface area contributed by atoms with Crippen LogP contribution in [0.5, 0.6) is 0 Å². The fraction of sp³-hybridized carbons (Fsp3) is 0.860. The summed E-state index contributed by atoms with van der Waals surface area (Å²) in [6, 6.07) is 0. The third kappa shape index (κ3) is 40.0. The molecule has 0 saturated heterocycles. The molecule has 53 heavy (non-hydrogen) atoms. The van der Waals surface area contributed by atoms with E-state index in [4.69, 9.17) is 18.5 Å². The van der Waals surface area contributed by atoms with Crippen LogP contribution in [0.15, 0.2) is 24.3 Å². The molecule has 0 radical (unpaired) electrons. The van der Waals surface area contributed by atoms with Crippen LogP contribution in [0, 0.1) is 0 Å². The molecule has 9 nitrogen and oxygen atoms in total. The molecule has 0 aliphatic heterocycles. The highest BCUT2D eigenvalue weighted by Gasteiger charge is 2.27. The molecule has 0 aromatic rings. The minimum atomic E-state index is -4.37. The first kappa shape index (κ1) is 51.5. The molecule has 0 aliphatic rings. The van der Waals surface area contributed by atoms with Crippen LogP contribution in [0.3, 0.4) is 0 Å². The highest BCUT2D eigenvalue weighted by atomic mass is 31.2. The number of esters is 2. The van der Waals surface area contributed by atoms with E-state index in [1.807, 2.05) is 21.1 Å². The second kappa shape index (κ2) is 36.1. The summed E-state index contributed by atoms with van der Waals surface area (Å²) >= 11 is 0. The molecule has 0 bridgehead atoms. The van der Waals surface area contributed by atoms with Gasteiger partial charge in [0.2, 0.25) is 0 Å². The number of nitrogens with zero attached hydrogens (tertiary/aromatic N) is 1. The van der Waals surface area contributed by atoms with Crippen molar-refractivity contribution < 1.29 is 42.1 Å². The zero-order valence-electron chi connectivity index (χ0n) is 35.0. The zero-order valence-corrected chi connectivity index (χ0v) is 35.9. The van der Waals surface area contributed by atoms with Gasteiger partial charge in [0.1, 0.15) is 19.8 Å². The maximum atomic E-state index is 12.7. The number of hydrogen-bond donors (Lipinski definition) is 1. The van der Waals surface area contributed by atoms with E-state index in [0.29, 0.717) is 17.4 Å². The number of phosphoric ester groups is 1. The first-order chi connectivity index (χ1) is 25.5. The van der Waals surface area contributed by atoms with Crippen molar-refractivity contribution in [1.29, 1.82) is 0 Å². The van der Waals surface area contributed by atoms with Gasteiger partial charge in [0.15, 0.2) is 6.10 Å². The van der Waals surface area contributed by atoms with Crippen molar-refractivity contribution in [3.05, 3.63) is 24.3 Å².